The average molecular weight is 276 g/mol. The third kappa shape index (κ3) is 3.83. The molecule has 0 radical (unpaired) electrons. The molecule has 1 N–H and O–H groups in total. The van der Waals surface area contributed by atoms with Gasteiger partial charge in [-0.25, -0.2) is 0 Å². The van der Waals surface area contributed by atoms with E-state index in [9.17, 15) is 13.2 Å². The number of nitrogens with one attached hydrogen (secondary N) is 1. The molecule has 0 fully saturated rings. The zero-order valence-electron chi connectivity index (χ0n) is 9.49. The zero-order valence-corrected chi connectivity index (χ0v) is 10.3. The molecule has 7 heteroatoms. The summed E-state index contributed by atoms with van der Waals surface area (Å²) in [4.78, 5) is 4.25. The van der Waals surface area contributed by atoms with Crippen LogP contribution in [0.3, 0.4) is 0 Å². The summed E-state index contributed by atoms with van der Waals surface area (Å²) in [7, 11) is 0. The van der Waals surface area contributed by atoms with Crippen molar-refractivity contribution in [1.29, 1.82) is 0 Å². The van der Waals surface area contributed by atoms with Crippen LogP contribution < -0.4 is 10.1 Å². The molecule has 3 nitrogen and oxygen atoms in total. The molecular formula is C11H11F3N2OS. The number of ether oxygens (including phenoxy) is 1. The third-order valence-electron chi connectivity index (χ3n) is 2.14. The number of benzene rings is 1. The lowest BCUT2D eigenvalue weighted by Gasteiger charge is -2.10. The number of aliphatic imine (C=N–C) groups is 1. The summed E-state index contributed by atoms with van der Waals surface area (Å²) >= 11 is 1.60. The quantitative estimate of drug-likeness (QED) is 0.897. The molecule has 1 aromatic rings. The highest BCUT2D eigenvalue weighted by atomic mass is 32.2. The molecular weight excluding hydrogens is 265 g/mol. The Labute approximate surface area is 106 Å². The summed E-state index contributed by atoms with van der Waals surface area (Å²) in [5.74, 6) is -0.234. The Morgan fingerprint density at radius 1 is 1.33 bits per heavy atom. The van der Waals surface area contributed by atoms with Crippen molar-refractivity contribution in [3.8, 4) is 5.75 Å². The van der Waals surface area contributed by atoms with Gasteiger partial charge in [-0.2, -0.15) is 0 Å². The van der Waals surface area contributed by atoms with E-state index in [1.807, 2.05) is 0 Å². The molecule has 0 saturated carbocycles. The largest absolute Gasteiger partial charge is 0.573 e. The van der Waals surface area contributed by atoms with Crippen molar-refractivity contribution in [1.82, 2.24) is 0 Å². The topological polar surface area (TPSA) is 33.6 Å². The Balaban J connectivity index is 1.96. The van der Waals surface area contributed by atoms with E-state index in [0.29, 0.717) is 10.9 Å². The molecule has 1 aromatic carbocycles. The van der Waals surface area contributed by atoms with Gasteiger partial charge in [0.05, 0.1) is 6.54 Å². The molecule has 2 rings (SSSR count). The molecule has 0 saturated heterocycles. The number of alkyl halides is 3. The predicted molar refractivity (Wildman–Crippen MR) is 66.1 cm³/mol. The summed E-state index contributed by atoms with van der Waals surface area (Å²) < 4.78 is 39.6. The molecule has 18 heavy (non-hydrogen) atoms. The lowest BCUT2D eigenvalue weighted by molar-refractivity contribution is -0.274. The van der Waals surface area contributed by atoms with Crippen molar-refractivity contribution in [2.45, 2.75) is 18.5 Å². The highest BCUT2D eigenvalue weighted by Gasteiger charge is 2.30. The first kappa shape index (κ1) is 13.1. The van der Waals surface area contributed by atoms with Crippen LogP contribution in [0, 0.1) is 0 Å². The Hall–Kier alpha value is -1.37. The highest BCUT2D eigenvalue weighted by molar-refractivity contribution is 8.15. The van der Waals surface area contributed by atoms with E-state index >= 15 is 0 Å². The SMILES string of the molecule is C[C@@H]1CN=C(Nc2ccc(OC(F)(F)F)cc2)S1. The van der Waals surface area contributed by atoms with Gasteiger partial charge in [-0.3, -0.25) is 4.99 Å². The first-order valence-electron chi connectivity index (χ1n) is 5.26. The maximum Gasteiger partial charge on any atom is 0.573 e. The molecule has 0 amide bonds. The van der Waals surface area contributed by atoms with Gasteiger partial charge in [-0.05, 0) is 24.3 Å². The van der Waals surface area contributed by atoms with E-state index in [1.165, 1.54) is 24.3 Å². The predicted octanol–water partition coefficient (Wildman–Crippen LogP) is 3.49. The van der Waals surface area contributed by atoms with Gasteiger partial charge in [0.15, 0.2) is 5.17 Å². The number of rotatable bonds is 2. The molecule has 98 valence electrons. The minimum Gasteiger partial charge on any atom is -0.406 e. The van der Waals surface area contributed by atoms with Crippen molar-refractivity contribution in [3.05, 3.63) is 24.3 Å². The second-order valence-corrected chi connectivity index (χ2v) is 5.20. The van der Waals surface area contributed by atoms with E-state index in [1.54, 1.807) is 11.8 Å². The number of nitrogens with zero attached hydrogens (tertiary/aromatic N) is 1. The standard InChI is InChI=1S/C11H11F3N2OS/c1-7-6-15-10(18-7)16-8-2-4-9(5-3-8)17-11(12,13)14/h2-5,7H,6H2,1H3,(H,15,16)/t7-/m1/s1. The first-order chi connectivity index (χ1) is 8.42. The average Bonchev–Trinajstić information content (AvgIpc) is 2.65. The Morgan fingerprint density at radius 2 is 2.00 bits per heavy atom. The number of thioether (sulfide) groups is 1. The number of anilines is 1. The van der Waals surface area contributed by atoms with E-state index < -0.39 is 6.36 Å². The Kier molecular flexibility index (Phi) is 3.70. The van der Waals surface area contributed by atoms with Crippen molar-refractivity contribution in [2.24, 2.45) is 4.99 Å². The van der Waals surface area contributed by atoms with Crippen LogP contribution in [0.1, 0.15) is 6.92 Å². The van der Waals surface area contributed by atoms with Crippen LogP contribution in [-0.2, 0) is 0 Å². The van der Waals surface area contributed by atoms with Crippen LogP contribution in [0.2, 0.25) is 0 Å². The van der Waals surface area contributed by atoms with Gasteiger partial charge in [-0.15, -0.1) is 13.2 Å². The fraction of sp³-hybridized carbons (Fsp3) is 0.364. The number of amidine groups is 1. The van der Waals surface area contributed by atoms with Crippen LogP contribution in [0.15, 0.2) is 29.3 Å². The van der Waals surface area contributed by atoms with E-state index in [4.69, 9.17) is 0 Å². The Morgan fingerprint density at radius 3 is 2.50 bits per heavy atom. The van der Waals surface area contributed by atoms with Crippen LogP contribution in [-0.4, -0.2) is 23.3 Å². The molecule has 1 aliphatic heterocycles. The molecule has 1 aliphatic rings. The summed E-state index contributed by atoms with van der Waals surface area (Å²) in [5, 5.41) is 4.25. The van der Waals surface area contributed by atoms with E-state index in [2.05, 4.69) is 22.0 Å². The molecule has 0 aromatic heterocycles. The van der Waals surface area contributed by atoms with Gasteiger partial charge in [0.25, 0.3) is 0 Å². The fourth-order valence-electron chi connectivity index (χ4n) is 1.41. The van der Waals surface area contributed by atoms with Crippen LogP contribution in [0.4, 0.5) is 18.9 Å². The van der Waals surface area contributed by atoms with Gasteiger partial charge in [0.1, 0.15) is 5.75 Å². The number of halogens is 3. The summed E-state index contributed by atoms with van der Waals surface area (Å²) in [6.07, 6.45) is -4.66. The van der Waals surface area contributed by atoms with Crippen molar-refractivity contribution < 1.29 is 17.9 Å². The third-order valence-corrected chi connectivity index (χ3v) is 3.15. The van der Waals surface area contributed by atoms with Crippen molar-refractivity contribution in [2.75, 3.05) is 11.9 Å². The molecule has 1 atom stereocenters. The van der Waals surface area contributed by atoms with Crippen LogP contribution in [0.25, 0.3) is 0 Å². The minimum atomic E-state index is -4.66. The van der Waals surface area contributed by atoms with Gasteiger partial charge in [0, 0.05) is 10.9 Å². The monoisotopic (exact) mass is 276 g/mol. The second-order valence-electron chi connectivity index (χ2n) is 3.77. The second kappa shape index (κ2) is 5.09. The van der Waals surface area contributed by atoms with E-state index in [-0.39, 0.29) is 5.75 Å². The van der Waals surface area contributed by atoms with Gasteiger partial charge >= 0.3 is 6.36 Å². The minimum absolute atomic E-state index is 0.234. The fourth-order valence-corrected chi connectivity index (χ4v) is 2.27. The van der Waals surface area contributed by atoms with E-state index in [0.717, 1.165) is 11.7 Å². The smallest absolute Gasteiger partial charge is 0.406 e. The van der Waals surface area contributed by atoms with Gasteiger partial charge in [-0.1, -0.05) is 18.7 Å². The van der Waals surface area contributed by atoms with Crippen molar-refractivity contribution in [3.63, 3.8) is 0 Å². The Bertz CT molecular complexity index is 445. The summed E-state index contributed by atoms with van der Waals surface area (Å²) in [6, 6.07) is 5.57. The maximum atomic E-state index is 12.0. The normalized spacial score (nSPS) is 19.6. The molecule has 1 heterocycles. The first-order valence-corrected chi connectivity index (χ1v) is 6.14. The van der Waals surface area contributed by atoms with Gasteiger partial charge in [0.2, 0.25) is 0 Å². The molecule has 0 unspecified atom stereocenters. The molecule has 0 aliphatic carbocycles. The maximum absolute atomic E-state index is 12.0. The van der Waals surface area contributed by atoms with Gasteiger partial charge < -0.3 is 10.1 Å². The molecule has 0 spiro atoms. The molecule has 0 bridgehead atoms. The summed E-state index contributed by atoms with van der Waals surface area (Å²) in [6.45, 7) is 2.81. The number of hydrogen-bond donors (Lipinski definition) is 1. The lowest BCUT2D eigenvalue weighted by atomic mass is 10.3. The summed E-state index contributed by atoms with van der Waals surface area (Å²) in [5.41, 5.74) is 0.685. The highest BCUT2D eigenvalue weighted by Crippen LogP contribution is 2.26. The van der Waals surface area contributed by atoms with Crippen LogP contribution >= 0.6 is 11.8 Å². The zero-order chi connectivity index (χ0) is 13.2. The van der Waals surface area contributed by atoms with Crippen LogP contribution in [0.5, 0.6) is 5.75 Å². The lowest BCUT2D eigenvalue weighted by Crippen LogP contribution is -2.17. The van der Waals surface area contributed by atoms with Crippen molar-refractivity contribution >= 4 is 22.6 Å². The number of hydrogen-bond acceptors (Lipinski definition) is 4.